The van der Waals surface area contributed by atoms with Gasteiger partial charge in [0, 0.05) is 19.2 Å². The first-order valence-corrected chi connectivity index (χ1v) is 6.38. The Morgan fingerprint density at radius 1 is 1.18 bits per heavy atom. The van der Waals surface area contributed by atoms with Crippen molar-refractivity contribution in [3.05, 3.63) is 24.2 Å². The lowest BCUT2D eigenvalue weighted by Crippen LogP contribution is -2.11. The first-order valence-electron chi connectivity index (χ1n) is 6.38. The summed E-state index contributed by atoms with van der Waals surface area (Å²) >= 11 is 0. The Bertz CT molecular complexity index is 497. The average molecular weight is 231 g/mol. The molecule has 3 heteroatoms. The standard InChI is InChI=1S/C14H21N3/c1-10(2)8-13-16-12-6-5-7-15-14(12)17(13)9-11(3)4/h5-7,10-11H,8-9H2,1-4H3. The highest BCUT2D eigenvalue weighted by molar-refractivity contribution is 5.71. The molecule has 0 radical (unpaired) electrons. The van der Waals surface area contributed by atoms with E-state index in [0.717, 1.165) is 24.1 Å². The Labute approximate surface area is 103 Å². The maximum atomic E-state index is 4.71. The fourth-order valence-electron chi connectivity index (χ4n) is 2.08. The second-order valence-corrected chi connectivity index (χ2v) is 5.48. The number of hydrogen-bond donors (Lipinski definition) is 0. The van der Waals surface area contributed by atoms with Gasteiger partial charge in [-0.15, -0.1) is 0 Å². The van der Waals surface area contributed by atoms with Crippen LogP contribution in [0.4, 0.5) is 0 Å². The molecule has 0 spiro atoms. The summed E-state index contributed by atoms with van der Waals surface area (Å²) in [7, 11) is 0. The molecule has 0 atom stereocenters. The summed E-state index contributed by atoms with van der Waals surface area (Å²) in [5.74, 6) is 2.40. The van der Waals surface area contributed by atoms with E-state index in [4.69, 9.17) is 4.98 Å². The highest BCUT2D eigenvalue weighted by Crippen LogP contribution is 2.18. The SMILES string of the molecule is CC(C)Cc1nc2cccnc2n1CC(C)C. The van der Waals surface area contributed by atoms with Crippen molar-refractivity contribution in [2.24, 2.45) is 11.8 Å². The lowest BCUT2D eigenvalue weighted by molar-refractivity contribution is 0.497. The van der Waals surface area contributed by atoms with Crippen LogP contribution in [0.3, 0.4) is 0 Å². The summed E-state index contributed by atoms with van der Waals surface area (Å²) in [6.45, 7) is 9.91. The molecule has 0 saturated carbocycles. The van der Waals surface area contributed by atoms with Crippen molar-refractivity contribution in [1.29, 1.82) is 0 Å². The summed E-state index contributed by atoms with van der Waals surface area (Å²) in [6.07, 6.45) is 2.86. The molecule has 0 aliphatic heterocycles. The minimum Gasteiger partial charge on any atom is -0.312 e. The molecular weight excluding hydrogens is 210 g/mol. The summed E-state index contributed by atoms with van der Waals surface area (Å²) in [5.41, 5.74) is 2.04. The van der Waals surface area contributed by atoms with Crippen molar-refractivity contribution in [1.82, 2.24) is 14.5 Å². The first kappa shape index (κ1) is 12.1. The molecule has 0 fully saturated rings. The van der Waals surface area contributed by atoms with E-state index in [9.17, 15) is 0 Å². The molecule has 0 amide bonds. The number of hydrogen-bond acceptors (Lipinski definition) is 2. The molecule has 2 aromatic rings. The molecule has 0 aliphatic rings. The number of nitrogens with zero attached hydrogens (tertiary/aromatic N) is 3. The predicted molar refractivity (Wildman–Crippen MR) is 70.9 cm³/mol. The summed E-state index contributed by atoms with van der Waals surface area (Å²) < 4.78 is 2.28. The van der Waals surface area contributed by atoms with Crippen molar-refractivity contribution in [2.75, 3.05) is 0 Å². The summed E-state index contributed by atoms with van der Waals surface area (Å²) in [5, 5.41) is 0. The molecule has 0 N–H and O–H groups in total. The molecule has 3 nitrogen and oxygen atoms in total. The third kappa shape index (κ3) is 2.65. The lowest BCUT2D eigenvalue weighted by Gasteiger charge is -2.12. The zero-order valence-corrected chi connectivity index (χ0v) is 11.1. The van der Waals surface area contributed by atoms with Crippen LogP contribution in [0.15, 0.2) is 18.3 Å². The van der Waals surface area contributed by atoms with Gasteiger partial charge in [-0.3, -0.25) is 0 Å². The van der Waals surface area contributed by atoms with E-state index in [2.05, 4.69) is 37.2 Å². The van der Waals surface area contributed by atoms with E-state index in [1.807, 2.05) is 18.3 Å². The van der Waals surface area contributed by atoms with Gasteiger partial charge in [-0.05, 0) is 24.0 Å². The Morgan fingerprint density at radius 3 is 2.59 bits per heavy atom. The monoisotopic (exact) mass is 231 g/mol. The van der Waals surface area contributed by atoms with E-state index in [1.54, 1.807) is 0 Å². The molecule has 0 aliphatic carbocycles. The quantitative estimate of drug-likeness (QED) is 0.808. The van der Waals surface area contributed by atoms with E-state index in [-0.39, 0.29) is 0 Å². The van der Waals surface area contributed by atoms with Crippen LogP contribution in [0.2, 0.25) is 0 Å². The maximum Gasteiger partial charge on any atom is 0.159 e. The summed E-state index contributed by atoms with van der Waals surface area (Å²) in [6, 6.07) is 4.00. The molecule has 0 unspecified atom stereocenters. The van der Waals surface area contributed by atoms with Crippen molar-refractivity contribution in [3.63, 3.8) is 0 Å². The molecule has 92 valence electrons. The van der Waals surface area contributed by atoms with Crippen LogP contribution in [0.5, 0.6) is 0 Å². The Hall–Kier alpha value is -1.38. The van der Waals surface area contributed by atoms with Crippen LogP contribution in [0.1, 0.15) is 33.5 Å². The minimum absolute atomic E-state index is 0.611. The average Bonchev–Trinajstić information content (AvgIpc) is 2.55. The van der Waals surface area contributed by atoms with Gasteiger partial charge in [-0.2, -0.15) is 0 Å². The van der Waals surface area contributed by atoms with Crippen LogP contribution in [0, 0.1) is 11.8 Å². The van der Waals surface area contributed by atoms with Crippen LogP contribution < -0.4 is 0 Å². The van der Waals surface area contributed by atoms with E-state index in [1.165, 1.54) is 5.82 Å². The zero-order valence-electron chi connectivity index (χ0n) is 11.1. The fraction of sp³-hybridized carbons (Fsp3) is 0.571. The second-order valence-electron chi connectivity index (χ2n) is 5.48. The summed E-state index contributed by atoms with van der Waals surface area (Å²) in [4.78, 5) is 9.17. The topological polar surface area (TPSA) is 30.7 Å². The van der Waals surface area contributed by atoms with Gasteiger partial charge in [0.15, 0.2) is 5.65 Å². The third-order valence-corrected chi connectivity index (χ3v) is 2.72. The molecule has 0 saturated heterocycles. The molecule has 2 rings (SSSR count). The molecule has 0 bridgehead atoms. The largest absolute Gasteiger partial charge is 0.312 e. The van der Waals surface area contributed by atoms with Crippen LogP contribution in [-0.4, -0.2) is 14.5 Å². The van der Waals surface area contributed by atoms with Gasteiger partial charge >= 0.3 is 0 Å². The molecule has 2 aromatic heterocycles. The Balaban J connectivity index is 2.48. The van der Waals surface area contributed by atoms with Crippen molar-refractivity contribution in [2.45, 2.75) is 40.7 Å². The number of fused-ring (bicyclic) bond motifs is 1. The van der Waals surface area contributed by atoms with Gasteiger partial charge in [0.25, 0.3) is 0 Å². The predicted octanol–water partition coefficient (Wildman–Crippen LogP) is 3.29. The van der Waals surface area contributed by atoms with E-state index in [0.29, 0.717) is 11.8 Å². The Morgan fingerprint density at radius 2 is 1.94 bits per heavy atom. The maximum absolute atomic E-state index is 4.71. The van der Waals surface area contributed by atoms with Gasteiger partial charge in [0.1, 0.15) is 11.3 Å². The van der Waals surface area contributed by atoms with Crippen LogP contribution >= 0.6 is 0 Å². The number of rotatable bonds is 4. The van der Waals surface area contributed by atoms with Gasteiger partial charge in [0.05, 0.1) is 0 Å². The van der Waals surface area contributed by atoms with Crippen molar-refractivity contribution >= 4 is 11.2 Å². The van der Waals surface area contributed by atoms with Crippen molar-refractivity contribution in [3.8, 4) is 0 Å². The highest BCUT2D eigenvalue weighted by Gasteiger charge is 2.13. The highest BCUT2D eigenvalue weighted by atomic mass is 15.1. The smallest absolute Gasteiger partial charge is 0.159 e. The second kappa shape index (κ2) is 4.86. The lowest BCUT2D eigenvalue weighted by atomic mass is 10.1. The van der Waals surface area contributed by atoms with E-state index >= 15 is 0 Å². The molecule has 2 heterocycles. The van der Waals surface area contributed by atoms with Crippen LogP contribution in [0.25, 0.3) is 11.2 Å². The molecule has 0 aromatic carbocycles. The van der Waals surface area contributed by atoms with Crippen molar-refractivity contribution < 1.29 is 0 Å². The number of pyridine rings is 1. The fourth-order valence-corrected chi connectivity index (χ4v) is 2.08. The normalized spacial score (nSPS) is 11.9. The van der Waals surface area contributed by atoms with Gasteiger partial charge in [-0.1, -0.05) is 27.7 Å². The van der Waals surface area contributed by atoms with Crippen LogP contribution in [-0.2, 0) is 13.0 Å². The molecule has 17 heavy (non-hydrogen) atoms. The Kier molecular flexibility index (Phi) is 3.46. The van der Waals surface area contributed by atoms with Gasteiger partial charge < -0.3 is 4.57 Å². The number of imidazole rings is 1. The molecular formula is C14H21N3. The van der Waals surface area contributed by atoms with Gasteiger partial charge in [-0.25, -0.2) is 9.97 Å². The minimum atomic E-state index is 0.611. The first-order chi connectivity index (χ1) is 8.08. The third-order valence-electron chi connectivity index (χ3n) is 2.72. The number of aromatic nitrogens is 3. The van der Waals surface area contributed by atoms with E-state index < -0.39 is 0 Å². The zero-order chi connectivity index (χ0) is 12.4. The van der Waals surface area contributed by atoms with Gasteiger partial charge in [0.2, 0.25) is 0 Å².